The SMILES string of the molecule is CN(C)C(=O)C(CC(=O)Cn1nc(-c2ccc(Cl)cc2)n(CCCC(=O)OC(C)(C)C)c1=O)c1cccc(C(F)(F)F)c1. The molecule has 9 nitrogen and oxygen atoms in total. The maximum absolute atomic E-state index is 13.4. The van der Waals surface area contributed by atoms with Gasteiger partial charge in [-0.15, -0.1) is 5.10 Å². The highest BCUT2D eigenvalue weighted by atomic mass is 35.5. The Morgan fingerprint density at radius 1 is 1.05 bits per heavy atom. The summed E-state index contributed by atoms with van der Waals surface area (Å²) in [6.07, 6.45) is -4.79. The number of hydrogen-bond acceptors (Lipinski definition) is 6. The largest absolute Gasteiger partial charge is 0.460 e. The first kappa shape index (κ1) is 33.6. The zero-order valence-corrected chi connectivity index (χ0v) is 25.3. The van der Waals surface area contributed by atoms with Crippen molar-refractivity contribution >= 4 is 29.3 Å². The Balaban J connectivity index is 1.89. The fraction of sp³-hybridized carbons (Fsp3) is 0.433. The van der Waals surface area contributed by atoms with Gasteiger partial charge in [-0.2, -0.15) is 13.2 Å². The van der Waals surface area contributed by atoms with Crippen LogP contribution in [0.1, 0.15) is 57.1 Å². The van der Waals surface area contributed by atoms with Crippen molar-refractivity contribution in [3.05, 3.63) is 75.2 Å². The average Bonchev–Trinajstić information content (AvgIpc) is 3.20. The van der Waals surface area contributed by atoms with Crippen molar-refractivity contribution in [1.29, 1.82) is 0 Å². The first-order valence-electron chi connectivity index (χ1n) is 13.5. The Labute approximate surface area is 252 Å². The number of hydrogen-bond donors (Lipinski definition) is 0. The molecular weight excluding hydrogens is 589 g/mol. The smallest absolute Gasteiger partial charge is 0.416 e. The summed E-state index contributed by atoms with van der Waals surface area (Å²) in [6.45, 7) is 4.82. The number of aromatic nitrogens is 3. The molecule has 0 saturated heterocycles. The van der Waals surface area contributed by atoms with Gasteiger partial charge in [0.25, 0.3) is 0 Å². The lowest BCUT2D eigenvalue weighted by Gasteiger charge is -2.21. The number of ketones is 1. The van der Waals surface area contributed by atoms with E-state index in [0.717, 1.165) is 16.8 Å². The molecule has 0 N–H and O–H groups in total. The van der Waals surface area contributed by atoms with Gasteiger partial charge in [-0.3, -0.25) is 19.0 Å². The number of likely N-dealkylation sites (N-methyl/N-ethyl adjacent to an activating group) is 1. The molecule has 2 aromatic carbocycles. The molecule has 0 saturated carbocycles. The number of benzene rings is 2. The highest BCUT2D eigenvalue weighted by molar-refractivity contribution is 6.30. The predicted octanol–water partition coefficient (Wildman–Crippen LogP) is 5.34. The number of esters is 1. The number of amides is 1. The molecule has 1 unspecified atom stereocenters. The second-order valence-corrected chi connectivity index (χ2v) is 11.7. The van der Waals surface area contributed by atoms with E-state index >= 15 is 0 Å². The van der Waals surface area contributed by atoms with Crippen molar-refractivity contribution < 1.29 is 32.3 Å². The molecule has 0 aliphatic heterocycles. The molecule has 1 heterocycles. The monoisotopic (exact) mass is 622 g/mol. The van der Waals surface area contributed by atoms with Crippen LogP contribution >= 0.6 is 11.6 Å². The molecule has 1 atom stereocenters. The number of carbonyl (C=O) groups is 3. The summed E-state index contributed by atoms with van der Waals surface area (Å²) in [4.78, 5) is 52.9. The summed E-state index contributed by atoms with van der Waals surface area (Å²) in [5.41, 5.74) is -1.66. The first-order chi connectivity index (χ1) is 20.0. The van der Waals surface area contributed by atoms with Crippen LogP contribution in [-0.2, 0) is 38.4 Å². The van der Waals surface area contributed by atoms with Gasteiger partial charge in [-0.25, -0.2) is 9.48 Å². The number of halogens is 4. The van der Waals surface area contributed by atoms with E-state index in [-0.39, 0.29) is 30.8 Å². The molecule has 0 fully saturated rings. The van der Waals surface area contributed by atoms with Gasteiger partial charge in [0, 0.05) is 44.1 Å². The first-order valence-corrected chi connectivity index (χ1v) is 13.9. The van der Waals surface area contributed by atoms with E-state index in [1.165, 1.54) is 35.7 Å². The summed E-state index contributed by atoms with van der Waals surface area (Å²) in [7, 11) is 2.88. The molecule has 0 radical (unpaired) electrons. The summed E-state index contributed by atoms with van der Waals surface area (Å²) in [5.74, 6) is -2.54. The molecule has 13 heteroatoms. The molecule has 1 aromatic heterocycles. The number of Topliss-reactive ketones (excluding diaryl/α,β-unsaturated/α-hetero) is 1. The highest BCUT2D eigenvalue weighted by Gasteiger charge is 2.33. The van der Waals surface area contributed by atoms with Gasteiger partial charge in [-0.1, -0.05) is 29.8 Å². The Hall–Kier alpha value is -3.93. The minimum atomic E-state index is -4.63. The third-order valence-electron chi connectivity index (χ3n) is 6.32. The lowest BCUT2D eigenvalue weighted by molar-refractivity contribution is -0.155. The zero-order chi connectivity index (χ0) is 32.1. The van der Waals surface area contributed by atoms with Gasteiger partial charge in [0.05, 0.1) is 11.5 Å². The highest BCUT2D eigenvalue weighted by Crippen LogP contribution is 2.32. The number of nitrogens with zero attached hydrogens (tertiary/aromatic N) is 4. The van der Waals surface area contributed by atoms with Crippen LogP contribution in [0, 0.1) is 0 Å². The third-order valence-corrected chi connectivity index (χ3v) is 6.57. The van der Waals surface area contributed by atoms with Crippen molar-refractivity contribution in [1.82, 2.24) is 19.2 Å². The van der Waals surface area contributed by atoms with E-state index in [0.29, 0.717) is 10.6 Å². The van der Waals surface area contributed by atoms with Crippen LogP contribution in [0.4, 0.5) is 13.2 Å². The molecular formula is C30H34ClF3N4O5. The normalized spacial score (nSPS) is 12.6. The second-order valence-electron chi connectivity index (χ2n) is 11.3. The maximum Gasteiger partial charge on any atom is 0.416 e. The Kier molecular flexibility index (Phi) is 10.6. The lowest BCUT2D eigenvalue weighted by Crippen LogP contribution is -2.32. The fourth-order valence-electron chi connectivity index (χ4n) is 4.38. The molecule has 0 spiro atoms. The van der Waals surface area contributed by atoms with E-state index in [4.69, 9.17) is 16.3 Å². The molecule has 1 amide bonds. The van der Waals surface area contributed by atoms with Gasteiger partial charge in [0.1, 0.15) is 12.1 Å². The summed E-state index contributed by atoms with van der Waals surface area (Å²) >= 11 is 6.01. The van der Waals surface area contributed by atoms with Crippen LogP contribution in [0.5, 0.6) is 0 Å². The minimum absolute atomic E-state index is 0.0312. The zero-order valence-electron chi connectivity index (χ0n) is 24.6. The number of rotatable bonds is 11. The van der Waals surface area contributed by atoms with Crippen molar-refractivity contribution in [2.75, 3.05) is 14.1 Å². The van der Waals surface area contributed by atoms with Crippen LogP contribution in [0.15, 0.2) is 53.3 Å². The van der Waals surface area contributed by atoms with Gasteiger partial charge in [0.2, 0.25) is 5.91 Å². The van der Waals surface area contributed by atoms with E-state index < -0.39 is 59.6 Å². The van der Waals surface area contributed by atoms with Gasteiger partial charge in [0.15, 0.2) is 11.6 Å². The van der Waals surface area contributed by atoms with E-state index in [2.05, 4.69) is 5.10 Å². The summed E-state index contributed by atoms with van der Waals surface area (Å²) < 4.78 is 47.7. The van der Waals surface area contributed by atoms with Gasteiger partial charge >= 0.3 is 17.8 Å². The van der Waals surface area contributed by atoms with Crippen LogP contribution in [0.2, 0.25) is 5.02 Å². The molecule has 3 rings (SSSR count). The van der Waals surface area contributed by atoms with Crippen molar-refractivity contribution in [3.8, 4) is 11.4 Å². The van der Waals surface area contributed by atoms with Crippen LogP contribution < -0.4 is 5.69 Å². The van der Waals surface area contributed by atoms with Crippen LogP contribution in [0.25, 0.3) is 11.4 Å². The predicted molar refractivity (Wildman–Crippen MR) is 155 cm³/mol. The maximum atomic E-state index is 13.4. The Morgan fingerprint density at radius 3 is 2.28 bits per heavy atom. The van der Waals surface area contributed by atoms with E-state index in [1.807, 2.05) is 0 Å². The Morgan fingerprint density at radius 2 is 1.70 bits per heavy atom. The topological polar surface area (TPSA) is 104 Å². The van der Waals surface area contributed by atoms with E-state index in [9.17, 15) is 32.3 Å². The average molecular weight is 623 g/mol. The fourth-order valence-corrected chi connectivity index (χ4v) is 4.51. The lowest BCUT2D eigenvalue weighted by atomic mass is 9.91. The number of alkyl halides is 3. The standard InChI is InChI=1S/C30H34ClF3N4O5/c1-29(2,3)43-25(40)10-7-15-37-26(19-11-13-22(31)14-12-19)35-38(28(37)42)18-23(39)17-24(27(41)36(4)5)20-8-6-9-21(16-20)30(32,33)34/h6,8-9,11-14,16,24H,7,10,15,17-18H2,1-5H3. The molecule has 232 valence electrons. The second kappa shape index (κ2) is 13.6. The minimum Gasteiger partial charge on any atom is -0.460 e. The quantitative estimate of drug-likeness (QED) is 0.268. The molecule has 0 aliphatic rings. The Bertz CT molecular complexity index is 1520. The van der Waals surface area contributed by atoms with Crippen molar-refractivity contribution in [2.45, 2.75) is 70.8 Å². The summed E-state index contributed by atoms with van der Waals surface area (Å²) in [6, 6.07) is 10.8. The number of ether oxygens (including phenoxy) is 1. The van der Waals surface area contributed by atoms with E-state index in [1.54, 1.807) is 45.0 Å². The van der Waals surface area contributed by atoms with Crippen LogP contribution in [-0.4, -0.2) is 56.6 Å². The molecule has 3 aromatic rings. The van der Waals surface area contributed by atoms with Crippen molar-refractivity contribution in [3.63, 3.8) is 0 Å². The van der Waals surface area contributed by atoms with Crippen LogP contribution in [0.3, 0.4) is 0 Å². The molecule has 0 bridgehead atoms. The molecule has 0 aliphatic carbocycles. The summed E-state index contributed by atoms with van der Waals surface area (Å²) in [5, 5.41) is 4.82. The van der Waals surface area contributed by atoms with Crippen molar-refractivity contribution in [2.24, 2.45) is 0 Å². The number of carbonyl (C=O) groups excluding carboxylic acids is 3. The molecule has 43 heavy (non-hydrogen) atoms. The third kappa shape index (κ3) is 9.28. The van der Waals surface area contributed by atoms with Gasteiger partial charge in [-0.05, 0) is 63.1 Å². The van der Waals surface area contributed by atoms with Gasteiger partial charge < -0.3 is 9.64 Å².